The molecule has 0 saturated heterocycles. The van der Waals surface area contributed by atoms with E-state index in [0.717, 1.165) is 22.5 Å². The van der Waals surface area contributed by atoms with Crippen LogP contribution in [0.15, 0.2) is 59.6 Å². The van der Waals surface area contributed by atoms with Gasteiger partial charge in [0, 0.05) is 12.8 Å². The van der Waals surface area contributed by atoms with Gasteiger partial charge in [0.1, 0.15) is 0 Å². The van der Waals surface area contributed by atoms with Gasteiger partial charge in [0.05, 0.1) is 61.9 Å². The summed E-state index contributed by atoms with van der Waals surface area (Å²) in [5.41, 5.74) is -0.749. The Morgan fingerprint density at radius 3 is 2.41 bits per heavy atom. The number of carbonyl (C=O) groups is 2. The quantitative estimate of drug-likeness (QED) is 0.399. The molecule has 8 nitrogen and oxygen atoms in total. The molecular formula is C25H21Cl2F3N4O4S. The number of aromatic nitrogens is 1. The average Bonchev–Trinajstić information content (AvgIpc) is 2.87. The number of fused-ring (bicyclic) bond motifs is 1. The zero-order valence-electron chi connectivity index (χ0n) is 20.2. The second-order valence-corrected chi connectivity index (χ2v) is 11.3. The minimum atomic E-state index is -4.76. The summed E-state index contributed by atoms with van der Waals surface area (Å²) in [7, 11) is -4.56. The summed E-state index contributed by atoms with van der Waals surface area (Å²) < 4.78 is 68.2. The van der Waals surface area contributed by atoms with E-state index in [1.165, 1.54) is 24.4 Å². The summed E-state index contributed by atoms with van der Waals surface area (Å²) in [6, 6.07) is 8.52. The van der Waals surface area contributed by atoms with Gasteiger partial charge >= 0.3 is 6.18 Å². The Labute approximate surface area is 232 Å². The van der Waals surface area contributed by atoms with Crippen molar-refractivity contribution >= 4 is 56.4 Å². The first kappa shape index (κ1) is 28.7. The maximum Gasteiger partial charge on any atom is 0.416 e. The van der Waals surface area contributed by atoms with Gasteiger partial charge in [-0.1, -0.05) is 42.3 Å². The highest BCUT2D eigenvalue weighted by Crippen LogP contribution is 2.36. The third-order valence-corrected chi connectivity index (χ3v) is 8.33. The van der Waals surface area contributed by atoms with Gasteiger partial charge in [-0.15, -0.1) is 0 Å². The van der Waals surface area contributed by atoms with Crippen molar-refractivity contribution in [3.8, 4) is 0 Å². The van der Waals surface area contributed by atoms with Crippen molar-refractivity contribution in [1.82, 2.24) is 10.3 Å². The highest BCUT2D eigenvalue weighted by atomic mass is 35.5. The summed E-state index contributed by atoms with van der Waals surface area (Å²) in [6.07, 6.45) is -3.17. The van der Waals surface area contributed by atoms with Crippen LogP contribution in [0.5, 0.6) is 0 Å². The van der Waals surface area contributed by atoms with E-state index in [0.29, 0.717) is 6.07 Å². The van der Waals surface area contributed by atoms with E-state index in [2.05, 4.69) is 15.6 Å². The highest BCUT2D eigenvalue weighted by Gasteiger charge is 2.37. The van der Waals surface area contributed by atoms with E-state index >= 15 is 0 Å². The fourth-order valence-corrected chi connectivity index (χ4v) is 6.19. The lowest BCUT2D eigenvalue weighted by Crippen LogP contribution is -2.50. The van der Waals surface area contributed by atoms with Gasteiger partial charge in [-0.25, -0.2) is 8.42 Å². The molecule has 2 amide bonds. The molecule has 0 fully saturated rings. The number of nitrogens with zero attached hydrogens (tertiary/aromatic N) is 2. The Morgan fingerprint density at radius 2 is 1.77 bits per heavy atom. The molecule has 4 rings (SSSR count). The molecule has 14 heteroatoms. The lowest BCUT2D eigenvalue weighted by atomic mass is 10.0. The Balaban J connectivity index is 1.76. The van der Waals surface area contributed by atoms with Crippen LogP contribution in [-0.4, -0.2) is 37.8 Å². The average molecular weight is 601 g/mol. The zero-order chi connectivity index (χ0) is 28.5. The summed E-state index contributed by atoms with van der Waals surface area (Å²) in [6.45, 7) is 1.36. The Morgan fingerprint density at radius 1 is 1.10 bits per heavy atom. The molecule has 1 aliphatic rings. The third-order valence-electron chi connectivity index (χ3n) is 5.93. The fraction of sp³-hybridized carbons (Fsp3) is 0.240. The maximum absolute atomic E-state index is 13.7. The summed E-state index contributed by atoms with van der Waals surface area (Å²) in [5, 5.41) is 5.47. The standard InChI is InChI=1S/C25H21Cl2F3N4O4S/c1-2-22(35)32-16-10-20-21(11-15(12-31-20)33-24(36)23-18(26)7-4-8-19(23)27)34(13-16)39(37,38)17-6-3-5-14(9-17)25(28,29)30/h3-9,11-12,16H,2,10,13H2,1H3,(H,32,35)(H,33,36). The molecule has 206 valence electrons. The molecule has 1 unspecified atom stereocenters. The van der Waals surface area contributed by atoms with Crippen LogP contribution in [-0.2, 0) is 27.4 Å². The van der Waals surface area contributed by atoms with E-state index in [-0.39, 0.29) is 58.0 Å². The van der Waals surface area contributed by atoms with Crippen LogP contribution in [0, 0.1) is 0 Å². The molecule has 3 aromatic rings. The number of hydrogen-bond donors (Lipinski definition) is 2. The van der Waals surface area contributed by atoms with Gasteiger partial charge in [0.2, 0.25) is 5.91 Å². The molecule has 1 aromatic heterocycles. The van der Waals surface area contributed by atoms with Gasteiger partial charge in [0.25, 0.3) is 15.9 Å². The summed E-state index contributed by atoms with van der Waals surface area (Å²) in [4.78, 5) is 28.6. The number of hydrogen-bond acceptors (Lipinski definition) is 5. The molecule has 0 spiro atoms. The van der Waals surface area contributed by atoms with Crippen LogP contribution >= 0.6 is 23.2 Å². The number of nitrogens with one attached hydrogen (secondary N) is 2. The lowest BCUT2D eigenvalue weighted by Gasteiger charge is -2.35. The van der Waals surface area contributed by atoms with Crippen LogP contribution in [0.25, 0.3) is 0 Å². The monoisotopic (exact) mass is 600 g/mol. The normalized spacial score (nSPS) is 15.4. The van der Waals surface area contributed by atoms with Gasteiger partial charge in [-0.2, -0.15) is 13.2 Å². The Hall–Kier alpha value is -3.35. The number of rotatable bonds is 6. The van der Waals surface area contributed by atoms with Crippen molar-refractivity contribution < 1.29 is 31.2 Å². The molecule has 2 aromatic carbocycles. The number of amides is 2. The van der Waals surface area contributed by atoms with E-state index in [1.807, 2.05) is 0 Å². The Kier molecular flexibility index (Phi) is 8.10. The molecule has 1 aliphatic heterocycles. The maximum atomic E-state index is 13.7. The SMILES string of the molecule is CCC(=O)NC1Cc2ncc(NC(=O)c3c(Cl)cccc3Cl)cc2N(S(=O)(=O)c2cccc(C(F)(F)F)c2)C1. The van der Waals surface area contributed by atoms with Crippen LogP contribution < -0.4 is 14.9 Å². The smallest absolute Gasteiger partial charge is 0.351 e. The van der Waals surface area contributed by atoms with Crippen LogP contribution in [0.1, 0.15) is 35.0 Å². The van der Waals surface area contributed by atoms with Crippen molar-refractivity contribution in [2.45, 2.75) is 36.9 Å². The molecule has 2 N–H and O–H groups in total. The number of anilines is 2. The van der Waals surface area contributed by atoms with E-state index in [4.69, 9.17) is 23.2 Å². The largest absolute Gasteiger partial charge is 0.416 e. The third kappa shape index (κ3) is 6.13. The van der Waals surface area contributed by atoms with Crippen molar-refractivity contribution in [2.75, 3.05) is 16.2 Å². The minimum absolute atomic E-state index is 0.00524. The number of alkyl halides is 3. The van der Waals surface area contributed by atoms with E-state index in [1.54, 1.807) is 13.0 Å². The molecule has 0 bridgehead atoms. The number of benzene rings is 2. The van der Waals surface area contributed by atoms with Crippen molar-refractivity contribution in [3.63, 3.8) is 0 Å². The Bertz CT molecular complexity index is 1530. The topological polar surface area (TPSA) is 108 Å². The first-order chi connectivity index (χ1) is 18.3. The molecule has 39 heavy (non-hydrogen) atoms. The molecule has 0 saturated carbocycles. The molecule has 2 heterocycles. The van der Waals surface area contributed by atoms with Gasteiger partial charge in [0.15, 0.2) is 0 Å². The molecule has 1 atom stereocenters. The van der Waals surface area contributed by atoms with Gasteiger partial charge < -0.3 is 10.6 Å². The van der Waals surface area contributed by atoms with Crippen molar-refractivity contribution in [2.24, 2.45) is 0 Å². The van der Waals surface area contributed by atoms with Crippen molar-refractivity contribution in [3.05, 3.63) is 81.6 Å². The van der Waals surface area contributed by atoms with Gasteiger partial charge in [-0.3, -0.25) is 18.9 Å². The van der Waals surface area contributed by atoms with Gasteiger partial charge in [-0.05, 0) is 36.4 Å². The lowest BCUT2D eigenvalue weighted by molar-refractivity contribution is -0.137. The fourth-order valence-electron chi connectivity index (χ4n) is 4.04. The summed E-state index contributed by atoms with van der Waals surface area (Å²) in [5.74, 6) is -1.01. The second kappa shape index (κ2) is 11.0. The predicted molar refractivity (Wildman–Crippen MR) is 141 cm³/mol. The molecule has 0 radical (unpaired) electrons. The first-order valence-corrected chi connectivity index (χ1v) is 13.7. The number of sulfonamides is 1. The van der Waals surface area contributed by atoms with Crippen LogP contribution in [0.4, 0.5) is 24.5 Å². The first-order valence-electron chi connectivity index (χ1n) is 11.5. The highest BCUT2D eigenvalue weighted by molar-refractivity contribution is 7.92. The minimum Gasteiger partial charge on any atom is -0.351 e. The van der Waals surface area contributed by atoms with E-state index in [9.17, 15) is 31.2 Å². The molecule has 0 aliphatic carbocycles. The number of pyridine rings is 1. The zero-order valence-corrected chi connectivity index (χ0v) is 22.5. The van der Waals surface area contributed by atoms with Crippen LogP contribution in [0.3, 0.4) is 0 Å². The molecular weight excluding hydrogens is 580 g/mol. The predicted octanol–water partition coefficient (Wildman–Crippen LogP) is 5.31. The number of carbonyl (C=O) groups excluding carboxylic acids is 2. The summed E-state index contributed by atoms with van der Waals surface area (Å²) >= 11 is 12.2. The second-order valence-electron chi connectivity index (χ2n) is 8.62. The van der Waals surface area contributed by atoms with E-state index < -0.39 is 38.6 Å². The van der Waals surface area contributed by atoms with Crippen molar-refractivity contribution in [1.29, 1.82) is 0 Å². The van der Waals surface area contributed by atoms with Crippen LogP contribution in [0.2, 0.25) is 10.0 Å². The number of halogens is 5.